The fourth-order valence-corrected chi connectivity index (χ4v) is 14.0. The van der Waals surface area contributed by atoms with E-state index in [-0.39, 0.29) is 82.8 Å². The lowest BCUT2D eigenvalue weighted by molar-refractivity contribution is -0.222. The topological polar surface area (TPSA) is 178 Å². The van der Waals surface area contributed by atoms with E-state index in [2.05, 4.69) is 18.6 Å². The van der Waals surface area contributed by atoms with Crippen LogP contribution < -0.4 is 0 Å². The summed E-state index contributed by atoms with van der Waals surface area (Å²) in [4.78, 5) is 69.7. The van der Waals surface area contributed by atoms with Crippen molar-refractivity contribution in [2.24, 2.45) is 76.9 Å². The van der Waals surface area contributed by atoms with Crippen LogP contribution in [0.5, 0.6) is 0 Å². The third kappa shape index (κ3) is 10.7. The number of aliphatic hydroxyl groups is 1. The minimum absolute atomic E-state index is 0.0207. The predicted molar refractivity (Wildman–Crippen MR) is 243 cm³/mol. The van der Waals surface area contributed by atoms with Crippen molar-refractivity contribution in [3.63, 3.8) is 0 Å². The van der Waals surface area contributed by atoms with Crippen LogP contribution in [0.15, 0.2) is 0 Å². The molecule has 13 nitrogen and oxygen atoms in total. The van der Waals surface area contributed by atoms with Gasteiger partial charge in [0.15, 0.2) is 0 Å². The molecule has 10 bridgehead atoms. The number of carbonyl (C=O) groups excluding carboxylic acids is 6. The summed E-state index contributed by atoms with van der Waals surface area (Å²) >= 11 is 0. The largest absolute Gasteiger partial charge is 0.463 e. The molecule has 10 saturated carbocycles. The molecule has 0 amide bonds. The third-order valence-corrected chi connectivity index (χ3v) is 18.2. The van der Waals surface area contributed by atoms with E-state index in [0.717, 1.165) is 76.0 Å². The molecule has 12 aliphatic rings. The van der Waals surface area contributed by atoms with Crippen molar-refractivity contribution < 1.29 is 62.3 Å². The quantitative estimate of drug-likeness (QED) is 0.145. The van der Waals surface area contributed by atoms with Gasteiger partial charge in [0.25, 0.3) is 0 Å². The van der Waals surface area contributed by atoms with Gasteiger partial charge in [0.1, 0.15) is 23.4 Å². The van der Waals surface area contributed by atoms with Gasteiger partial charge in [0.2, 0.25) is 6.10 Å². The van der Waals surface area contributed by atoms with Gasteiger partial charge >= 0.3 is 35.8 Å². The molecule has 12 rings (SSSR count). The molecule has 2 saturated heterocycles. The lowest BCUT2D eigenvalue weighted by Crippen LogP contribution is -2.60. The summed E-state index contributed by atoms with van der Waals surface area (Å²) in [5.74, 6) is 3.85. The number of rotatable bonds is 12. The van der Waals surface area contributed by atoms with Crippen molar-refractivity contribution in [3.05, 3.63) is 0 Å². The molecule has 2 aliphatic heterocycles. The van der Waals surface area contributed by atoms with Crippen LogP contribution in [0.1, 0.15) is 178 Å². The van der Waals surface area contributed by atoms with Crippen LogP contribution in [0, 0.1) is 76.9 Å². The number of hydrogen-bond acceptors (Lipinski definition) is 13. The minimum Gasteiger partial charge on any atom is -0.463 e. The van der Waals surface area contributed by atoms with Crippen molar-refractivity contribution in [3.8, 4) is 0 Å². The number of hydrogen-bond donors (Lipinski definition) is 1. The zero-order chi connectivity index (χ0) is 47.9. The Hall–Kier alpha value is -3.22. The normalized spacial score (nSPS) is 41.6. The molecule has 0 spiro atoms. The van der Waals surface area contributed by atoms with Crippen LogP contribution in [0.2, 0.25) is 0 Å². The van der Waals surface area contributed by atoms with Crippen LogP contribution in [0.3, 0.4) is 0 Å². The third-order valence-electron chi connectivity index (χ3n) is 18.2. The monoisotopic (exact) mass is 927 g/mol. The highest BCUT2D eigenvalue weighted by atomic mass is 16.6. The molecule has 10 aliphatic carbocycles. The first-order valence-electron chi connectivity index (χ1n) is 26.2. The van der Waals surface area contributed by atoms with E-state index in [9.17, 15) is 33.9 Å². The highest BCUT2D eigenvalue weighted by Crippen LogP contribution is 2.61. The lowest BCUT2D eigenvalue weighted by Gasteiger charge is -2.59. The molecule has 0 aromatic carbocycles. The Balaban J connectivity index is 0.000000132. The van der Waals surface area contributed by atoms with E-state index in [0.29, 0.717) is 55.0 Å². The van der Waals surface area contributed by atoms with Gasteiger partial charge in [-0.2, -0.15) is 0 Å². The molecule has 12 fully saturated rings. The van der Waals surface area contributed by atoms with Crippen LogP contribution in [-0.2, 0) is 57.2 Å². The Bertz CT molecular complexity index is 1750. The number of ether oxygens (including phenoxy) is 6. The summed E-state index contributed by atoms with van der Waals surface area (Å²) in [5, 5.41) is 10.6. The summed E-state index contributed by atoms with van der Waals surface area (Å²) < 4.78 is 32.4. The van der Waals surface area contributed by atoms with Gasteiger partial charge in [-0.05, 0) is 145 Å². The maximum Gasteiger partial charge on any atom is 0.347 e. The number of esters is 6. The maximum atomic E-state index is 12.1. The molecular weight excluding hydrogens is 845 g/mol. The van der Waals surface area contributed by atoms with Crippen LogP contribution in [0.25, 0.3) is 0 Å². The summed E-state index contributed by atoms with van der Waals surface area (Å²) in [7, 11) is 0. The predicted octanol–water partition coefficient (Wildman–Crippen LogP) is 8.87. The number of carbonyl (C=O) groups is 6. The zero-order valence-electron chi connectivity index (χ0n) is 41.5. The Labute approximate surface area is 393 Å². The van der Waals surface area contributed by atoms with Crippen molar-refractivity contribution in [2.75, 3.05) is 6.61 Å². The van der Waals surface area contributed by atoms with E-state index in [1.807, 2.05) is 41.5 Å². The molecular formula is C53H82O13. The molecule has 0 aromatic rings. The summed E-state index contributed by atoms with van der Waals surface area (Å²) in [6.45, 7) is 18.1. The van der Waals surface area contributed by atoms with E-state index in [4.69, 9.17) is 23.7 Å². The second-order valence-electron chi connectivity index (χ2n) is 23.1. The summed E-state index contributed by atoms with van der Waals surface area (Å²) in [5.41, 5.74) is -1.02. The van der Waals surface area contributed by atoms with Crippen LogP contribution in [0.4, 0.5) is 0 Å². The lowest BCUT2D eigenvalue weighted by atomic mass is 9.50. The van der Waals surface area contributed by atoms with Crippen molar-refractivity contribution >= 4 is 35.8 Å². The van der Waals surface area contributed by atoms with Crippen molar-refractivity contribution in [1.82, 2.24) is 0 Å². The SMILES string of the molecule is CCC(C)C(=O)OC1(C)C2CC3CC(C2)CC1C3.CCC(C)C(=O)OC12CC3CC(CC(O)(C3)C1)C2.CCC(C)C(=O)OC1C2CC3C(=O)OC1C3C2.CCC(C)C(=O)OC1CCOC1=O. The summed E-state index contributed by atoms with van der Waals surface area (Å²) in [6, 6.07) is 0. The van der Waals surface area contributed by atoms with Crippen molar-refractivity contribution in [1.29, 1.82) is 0 Å². The Morgan fingerprint density at radius 3 is 1.64 bits per heavy atom. The molecule has 66 heavy (non-hydrogen) atoms. The van der Waals surface area contributed by atoms with Gasteiger partial charge in [-0.25, -0.2) is 4.79 Å². The molecule has 12 atom stereocenters. The number of cyclic esters (lactones) is 1. The van der Waals surface area contributed by atoms with E-state index in [1.54, 1.807) is 6.92 Å². The fraction of sp³-hybridized carbons (Fsp3) is 0.887. The minimum atomic E-state index is -0.665. The molecule has 1 N–H and O–H groups in total. The molecule has 13 heteroatoms. The highest BCUT2D eigenvalue weighted by Gasteiger charge is 2.64. The second kappa shape index (κ2) is 20.4. The molecule has 0 aromatic heterocycles. The van der Waals surface area contributed by atoms with Gasteiger partial charge in [-0.3, -0.25) is 24.0 Å². The maximum absolute atomic E-state index is 12.1. The average molecular weight is 927 g/mol. The molecule has 0 radical (unpaired) electrons. The van der Waals surface area contributed by atoms with Gasteiger partial charge < -0.3 is 33.5 Å². The molecule has 12 unspecified atom stereocenters. The fourth-order valence-electron chi connectivity index (χ4n) is 14.0. The molecule has 372 valence electrons. The standard InChI is InChI=1S/C16H26O2.C15H24O3.C13H18O4.C9H14O4/c1-4-10(2)15(17)18-16(3)13-6-11-5-12(8-13)9-14(16)7-11;1-3-10(2)13(16)18-15-7-11-4-12(8-15)6-14(17,5-11)9-15;1-3-6(2)12(14)16-10-7-4-8-9(5-7)13(15)17-11(8)10;1-3-6(2)8(10)13-7-4-5-12-9(7)11/h10-14H,4-9H2,1-3H3;10-12,17H,3-9H2,1-2H3;6-11H,3-5H2,1-2H3;6-7H,3-5H2,1-2H3. The highest BCUT2D eigenvalue weighted by molar-refractivity contribution is 5.81. The van der Waals surface area contributed by atoms with Crippen LogP contribution >= 0.6 is 0 Å². The average Bonchev–Trinajstić information content (AvgIpc) is 4.02. The van der Waals surface area contributed by atoms with Gasteiger partial charge in [-0.15, -0.1) is 0 Å². The van der Waals surface area contributed by atoms with Gasteiger partial charge in [0.05, 0.1) is 41.8 Å². The van der Waals surface area contributed by atoms with E-state index in [1.165, 1.54) is 38.5 Å². The zero-order valence-corrected chi connectivity index (χ0v) is 41.5. The first kappa shape index (κ1) is 50.7. The van der Waals surface area contributed by atoms with Gasteiger partial charge in [-0.1, -0.05) is 55.4 Å². The second-order valence-corrected chi connectivity index (χ2v) is 23.1. The van der Waals surface area contributed by atoms with Crippen LogP contribution in [-0.4, -0.2) is 82.6 Å². The Kier molecular flexibility index (Phi) is 15.7. The Morgan fingerprint density at radius 2 is 1.14 bits per heavy atom. The van der Waals surface area contributed by atoms with E-state index < -0.39 is 17.7 Å². The van der Waals surface area contributed by atoms with Crippen molar-refractivity contribution in [2.45, 2.75) is 213 Å². The summed E-state index contributed by atoms with van der Waals surface area (Å²) in [6.07, 6.45) is 16.9. The van der Waals surface area contributed by atoms with E-state index >= 15 is 0 Å². The first-order chi connectivity index (χ1) is 31.2. The van der Waals surface area contributed by atoms with Gasteiger partial charge in [0, 0.05) is 24.7 Å². The number of fused-ring (bicyclic) bond motifs is 1. The molecule has 2 heterocycles. The smallest absolute Gasteiger partial charge is 0.347 e. The Morgan fingerprint density at radius 1 is 0.636 bits per heavy atom. The first-order valence-corrected chi connectivity index (χ1v) is 26.2.